The fraction of sp³-hybridized carbons (Fsp3) is 0.125. The summed E-state index contributed by atoms with van der Waals surface area (Å²) in [5.74, 6) is -1.88. The van der Waals surface area contributed by atoms with Crippen LogP contribution >= 0.6 is 58.2 Å². The first-order chi connectivity index (χ1) is 17.0. The molecule has 0 bridgehead atoms. The van der Waals surface area contributed by atoms with Gasteiger partial charge in [0.2, 0.25) is 5.91 Å². The van der Waals surface area contributed by atoms with Crippen LogP contribution in [0.1, 0.15) is 27.6 Å². The monoisotopic (exact) mass is 586 g/mol. The van der Waals surface area contributed by atoms with Crippen LogP contribution in [0.2, 0.25) is 20.1 Å². The van der Waals surface area contributed by atoms with Crippen LogP contribution in [0.3, 0.4) is 0 Å². The molecule has 3 aromatic rings. The predicted octanol–water partition coefficient (Wildman–Crippen LogP) is 7.38. The van der Waals surface area contributed by atoms with Gasteiger partial charge in [0, 0.05) is 16.3 Å². The van der Waals surface area contributed by atoms with Crippen molar-refractivity contribution in [2.45, 2.75) is 17.1 Å². The Morgan fingerprint density at radius 1 is 0.861 bits per heavy atom. The molecule has 2 amide bonds. The smallest absolute Gasteiger partial charge is 0.338 e. The average Bonchev–Trinajstić information content (AvgIpc) is 2.85. The van der Waals surface area contributed by atoms with Gasteiger partial charge in [0.05, 0.1) is 43.6 Å². The number of amides is 2. The highest BCUT2D eigenvalue weighted by molar-refractivity contribution is 8.00. The van der Waals surface area contributed by atoms with Gasteiger partial charge in [-0.05, 0) is 49.4 Å². The molecule has 188 valence electrons. The molecule has 12 heteroatoms. The largest absolute Gasteiger partial charge is 0.497 e. The van der Waals surface area contributed by atoms with Crippen molar-refractivity contribution in [2.75, 3.05) is 17.7 Å². The Hall–Kier alpha value is -2.62. The molecule has 7 nitrogen and oxygen atoms in total. The first-order valence-electron chi connectivity index (χ1n) is 10.2. The number of carboxylic acid groups (broad SMARTS) is 1. The highest BCUT2D eigenvalue weighted by Crippen LogP contribution is 2.42. The summed E-state index contributed by atoms with van der Waals surface area (Å²) in [4.78, 5) is 38.0. The molecule has 1 atom stereocenters. The molecular weight excluding hydrogens is 570 g/mol. The number of carboxylic acids is 1. The summed E-state index contributed by atoms with van der Waals surface area (Å²) in [5.41, 5.74) is -0.0280. The van der Waals surface area contributed by atoms with E-state index < -0.39 is 33.3 Å². The summed E-state index contributed by atoms with van der Waals surface area (Å²) >= 11 is 25.4. The highest BCUT2D eigenvalue weighted by atomic mass is 35.5. The summed E-state index contributed by atoms with van der Waals surface area (Å²) in [6, 6.07) is 13.6. The van der Waals surface area contributed by atoms with Crippen LogP contribution in [-0.4, -0.2) is 35.2 Å². The van der Waals surface area contributed by atoms with Crippen LogP contribution in [0, 0.1) is 0 Å². The maximum Gasteiger partial charge on any atom is 0.338 e. The first-order valence-corrected chi connectivity index (χ1v) is 12.5. The second-order valence-corrected chi connectivity index (χ2v) is 10.2. The molecule has 3 aromatic carbocycles. The number of anilines is 2. The number of hydrogen-bond acceptors (Lipinski definition) is 5. The number of thioether (sulfide) groups is 1. The van der Waals surface area contributed by atoms with Crippen molar-refractivity contribution in [3.8, 4) is 5.75 Å². The molecule has 0 spiro atoms. The topological polar surface area (TPSA) is 105 Å². The highest BCUT2D eigenvalue weighted by Gasteiger charge is 2.29. The maximum atomic E-state index is 13.0. The van der Waals surface area contributed by atoms with Crippen LogP contribution in [0.25, 0.3) is 0 Å². The molecule has 1 unspecified atom stereocenters. The molecular formula is C24H18Cl4N2O5S. The molecule has 0 fully saturated rings. The first kappa shape index (κ1) is 28.0. The van der Waals surface area contributed by atoms with Crippen molar-refractivity contribution in [1.29, 1.82) is 0 Å². The zero-order valence-corrected chi connectivity index (χ0v) is 22.5. The SMILES string of the molecule is COc1ccc(NC(=O)C(C)Sc2cccc(NC(=O)c3c(Cl)c(Cl)c(Cl)c(Cl)c3C(=O)O)c2)cc1. The van der Waals surface area contributed by atoms with Gasteiger partial charge in [0.1, 0.15) is 5.75 Å². The van der Waals surface area contributed by atoms with Gasteiger partial charge < -0.3 is 20.5 Å². The Balaban J connectivity index is 1.76. The number of nitrogens with one attached hydrogen (secondary N) is 2. The van der Waals surface area contributed by atoms with Gasteiger partial charge in [0.25, 0.3) is 5.91 Å². The molecule has 0 radical (unpaired) electrons. The van der Waals surface area contributed by atoms with Crippen molar-refractivity contribution >= 4 is 87.3 Å². The third kappa shape index (κ3) is 6.38. The van der Waals surface area contributed by atoms with E-state index in [-0.39, 0.29) is 21.0 Å². The van der Waals surface area contributed by atoms with Crippen molar-refractivity contribution in [3.05, 3.63) is 79.7 Å². The lowest BCUT2D eigenvalue weighted by Gasteiger charge is -2.15. The van der Waals surface area contributed by atoms with Crippen molar-refractivity contribution in [3.63, 3.8) is 0 Å². The lowest BCUT2D eigenvalue weighted by Crippen LogP contribution is -2.22. The van der Waals surface area contributed by atoms with Crippen molar-refractivity contribution in [1.82, 2.24) is 0 Å². The van der Waals surface area contributed by atoms with Gasteiger partial charge in [0.15, 0.2) is 0 Å². The molecule has 0 aliphatic carbocycles. The molecule has 0 aliphatic rings. The number of hydrogen-bond donors (Lipinski definition) is 3. The molecule has 0 heterocycles. The third-order valence-corrected chi connectivity index (χ3v) is 7.74. The molecule has 3 N–H and O–H groups in total. The van der Waals surface area contributed by atoms with Gasteiger partial charge in [-0.25, -0.2) is 4.79 Å². The molecule has 0 aliphatic heterocycles. The standard InChI is InChI=1S/C24H18Cl4N2O5S/c1-11(22(31)29-12-6-8-14(35-2)9-7-12)36-15-5-3-4-13(10-15)30-23(32)16-17(24(33)34)19(26)21(28)20(27)18(16)25/h3-11H,1-2H3,(H,29,31)(H,30,32)(H,33,34). The minimum absolute atomic E-state index is 0.220. The zero-order valence-electron chi connectivity index (χ0n) is 18.7. The fourth-order valence-electron chi connectivity index (χ4n) is 3.06. The van der Waals surface area contributed by atoms with E-state index >= 15 is 0 Å². The van der Waals surface area contributed by atoms with Gasteiger partial charge in [-0.1, -0.05) is 52.5 Å². The van der Waals surface area contributed by atoms with Crippen molar-refractivity contribution < 1.29 is 24.2 Å². The Bertz CT molecular complexity index is 1340. The van der Waals surface area contributed by atoms with Crippen LogP contribution in [0.4, 0.5) is 11.4 Å². The van der Waals surface area contributed by atoms with E-state index in [0.29, 0.717) is 22.0 Å². The third-order valence-electron chi connectivity index (χ3n) is 4.84. The fourth-order valence-corrected chi connectivity index (χ4v) is 5.01. The Morgan fingerprint density at radius 3 is 2.06 bits per heavy atom. The quantitative estimate of drug-likeness (QED) is 0.144. The van der Waals surface area contributed by atoms with Crippen molar-refractivity contribution in [2.24, 2.45) is 0 Å². The van der Waals surface area contributed by atoms with Crippen LogP contribution in [0.15, 0.2) is 53.4 Å². The Kier molecular flexibility index (Phi) is 9.38. The molecule has 0 saturated heterocycles. The predicted molar refractivity (Wildman–Crippen MR) is 145 cm³/mol. The van der Waals surface area contributed by atoms with E-state index in [0.717, 1.165) is 0 Å². The van der Waals surface area contributed by atoms with Gasteiger partial charge >= 0.3 is 5.97 Å². The zero-order chi connectivity index (χ0) is 26.6. The van der Waals surface area contributed by atoms with Gasteiger partial charge in [-0.2, -0.15) is 0 Å². The van der Waals surface area contributed by atoms with Crippen LogP contribution < -0.4 is 15.4 Å². The molecule has 36 heavy (non-hydrogen) atoms. The normalized spacial score (nSPS) is 11.5. The molecule has 0 saturated carbocycles. The van der Waals surface area contributed by atoms with E-state index in [1.54, 1.807) is 62.6 Å². The number of halogens is 4. The second kappa shape index (κ2) is 12.1. The number of carbonyl (C=O) groups is 3. The summed E-state index contributed by atoms with van der Waals surface area (Å²) in [7, 11) is 1.56. The lowest BCUT2D eigenvalue weighted by atomic mass is 10.1. The average molecular weight is 588 g/mol. The summed E-state index contributed by atoms with van der Waals surface area (Å²) in [6.45, 7) is 1.74. The van der Waals surface area contributed by atoms with E-state index in [2.05, 4.69) is 10.6 Å². The Labute approximate surface area is 231 Å². The van der Waals surface area contributed by atoms with E-state index in [1.807, 2.05) is 0 Å². The second-order valence-electron chi connectivity index (χ2n) is 7.27. The van der Waals surface area contributed by atoms with E-state index in [9.17, 15) is 19.5 Å². The van der Waals surface area contributed by atoms with E-state index in [1.165, 1.54) is 11.8 Å². The number of rotatable bonds is 8. The number of ether oxygens (including phenoxy) is 1. The Morgan fingerprint density at radius 2 is 1.47 bits per heavy atom. The number of carbonyl (C=O) groups excluding carboxylic acids is 2. The summed E-state index contributed by atoms with van der Waals surface area (Å²) in [6.07, 6.45) is 0. The van der Waals surface area contributed by atoms with Crippen LogP contribution in [0.5, 0.6) is 5.75 Å². The minimum Gasteiger partial charge on any atom is -0.497 e. The van der Waals surface area contributed by atoms with Gasteiger partial charge in [-0.3, -0.25) is 9.59 Å². The number of benzene rings is 3. The van der Waals surface area contributed by atoms with Crippen LogP contribution in [-0.2, 0) is 4.79 Å². The number of methoxy groups -OCH3 is 1. The molecule has 0 aromatic heterocycles. The van der Waals surface area contributed by atoms with Gasteiger partial charge in [-0.15, -0.1) is 11.8 Å². The summed E-state index contributed by atoms with van der Waals surface area (Å²) < 4.78 is 5.11. The minimum atomic E-state index is -1.49. The summed E-state index contributed by atoms with van der Waals surface area (Å²) in [5, 5.41) is 13.3. The number of aromatic carboxylic acids is 1. The lowest BCUT2D eigenvalue weighted by molar-refractivity contribution is -0.115. The maximum absolute atomic E-state index is 13.0. The van der Waals surface area contributed by atoms with E-state index in [4.69, 9.17) is 51.1 Å². The molecule has 3 rings (SSSR count).